The minimum absolute atomic E-state index is 0.117. The van der Waals surface area contributed by atoms with Gasteiger partial charge in [-0.2, -0.15) is 5.26 Å². The Balaban J connectivity index is 1.62. The second-order valence-electron chi connectivity index (χ2n) is 7.00. The van der Waals surface area contributed by atoms with Crippen LogP contribution in [-0.2, 0) is 0 Å². The van der Waals surface area contributed by atoms with Gasteiger partial charge in [0.2, 0.25) is 0 Å². The summed E-state index contributed by atoms with van der Waals surface area (Å²) in [6.07, 6.45) is 5.95. The molecule has 1 amide bonds. The molecular weight excluding hydrogens is 316 g/mol. The lowest BCUT2D eigenvalue weighted by molar-refractivity contribution is 0.0719. The van der Waals surface area contributed by atoms with E-state index < -0.39 is 0 Å². The molecule has 2 aromatic rings. The zero-order chi connectivity index (χ0) is 17.4. The molecule has 1 aliphatic carbocycles. The summed E-state index contributed by atoms with van der Waals surface area (Å²) in [6, 6.07) is 9.82. The van der Waals surface area contributed by atoms with E-state index in [1.807, 2.05) is 29.2 Å². The summed E-state index contributed by atoms with van der Waals surface area (Å²) in [5.74, 6) is 0.0916. The quantitative estimate of drug-likeness (QED) is 0.910. The van der Waals surface area contributed by atoms with Crippen LogP contribution in [0.15, 0.2) is 41.5 Å². The lowest BCUT2D eigenvalue weighted by atomic mass is 9.61. The van der Waals surface area contributed by atoms with Crippen molar-refractivity contribution in [2.24, 2.45) is 5.41 Å². The zero-order valence-corrected chi connectivity index (χ0v) is 13.7. The molecule has 6 nitrogen and oxygen atoms in total. The van der Waals surface area contributed by atoms with Gasteiger partial charge in [-0.25, -0.2) is 0 Å². The number of aromatic nitrogens is 2. The molecule has 1 atom stereocenters. The van der Waals surface area contributed by atoms with Gasteiger partial charge in [0, 0.05) is 19.0 Å². The average molecular weight is 334 g/mol. The van der Waals surface area contributed by atoms with Crippen LogP contribution in [-0.4, -0.2) is 33.9 Å². The standard InChI is InChI=1S/C19H18N4O2/c20-8-13-2-4-14(5-3-13)15-11-23(12-19(15)6-1-7-19)18(25)16-9-21-10-17(24)22-16/h2-5,9-10,15H,1,6-7,11-12H2,(H,22,24)/t15-/m1/s1. The fourth-order valence-corrected chi connectivity index (χ4v) is 4.17. The molecule has 6 heteroatoms. The number of benzene rings is 1. The molecule has 25 heavy (non-hydrogen) atoms. The molecule has 126 valence electrons. The van der Waals surface area contributed by atoms with E-state index >= 15 is 0 Å². The van der Waals surface area contributed by atoms with Crippen molar-refractivity contribution in [3.8, 4) is 6.07 Å². The fraction of sp³-hybridized carbons (Fsp3) is 0.368. The first kappa shape index (κ1) is 15.6. The van der Waals surface area contributed by atoms with Crippen molar-refractivity contribution >= 4 is 5.91 Å². The first-order valence-corrected chi connectivity index (χ1v) is 8.45. The van der Waals surface area contributed by atoms with Gasteiger partial charge in [0.1, 0.15) is 5.69 Å². The third-order valence-corrected chi connectivity index (χ3v) is 5.61. The zero-order valence-electron chi connectivity index (χ0n) is 13.7. The van der Waals surface area contributed by atoms with Crippen molar-refractivity contribution in [2.75, 3.05) is 13.1 Å². The number of amides is 1. The first-order valence-electron chi connectivity index (χ1n) is 8.45. The molecule has 1 saturated carbocycles. The maximum Gasteiger partial charge on any atom is 0.272 e. The maximum atomic E-state index is 12.8. The summed E-state index contributed by atoms with van der Waals surface area (Å²) in [5.41, 5.74) is 1.81. The molecule has 4 rings (SSSR count). The van der Waals surface area contributed by atoms with Crippen LogP contribution in [0.2, 0.25) is 0 Å². The summed E-state index contributed by atoms with van der Waals surface area (Å²) >= 11 is 0. The molecule has 0 unspecified atom stereocenters. The van der Waals surface area contributed by atoms with Gasteiger partial charge < -0.3 is 9.88 Å². The van der Waals surface area contributed by atoms with E-state index in [0.29, 0.717) is 18.7 Å². The smallest absolute Gasteiger partial charge is 0.272 e. The molecule has 0 radical (unpaired) electrons. The van der Waals surface area contributed by atoms with Gasteiger partial charge >= 0.3 is 0 Å². The topological polar surface area (TPSA) is 89.8 Å². The van der Waals surface area contributed by atoms with Gasteiger partial charge in [-0.1, -0.05) is 18.6 Å². The largest absolute Gasteiger partial charge is 0.336 e. The molecule has 1 aliphatic heterocycles. The third kappa shape index (κ3) is 2.62. The Bertz CT molecular complexity index is 906. The van der Waals surface area contributed by atoms with Crippen molar-refractivity contribution in [1.29, 1.82) is 5.26 Å². The summed E-state index contributed by atoms with van der Waals surface area (Å²) < 4.78 is 0. The molecule has 1 N–H and O–H groups in total. The molecule has 1 aromatic carbocycles. The van der Waals surface area contributed by atoms with Gasteiger partial charge in [-0.3, -0.25) is 14.6 Å². The average Bonchev–Trinajstić information content (AvgIpc) is 3.02. The summed E-state index contributed by atoms with van der Waals surface area (Å²) in [6.45, 7) is 1.33. The van der Waals surface area contributed by atoms with Gasteiger partial charge in [-0.05, 0) is 36.0 Å². The van der Waals surface area contributed by atoms with Crippen LogP contribution in [0.25, 0.3) is 0 Å². The Kier molecular flexibility index (Phi) is 3.65. The lowest BCUT2D eigenvalue weighted by Gasteiger charge is -2.43. The van der Waals surface area contributed by atoms with Gasteiger partial charge in [0.15, 0.2) is 0 Å². The molecule has 0 bridgehead atoms. The monoisotopic (exact) mass is 334 g/mol. The number of hydrogen-bond donors (Lipinski definition) is 1. The maximum absolute atomic E-state index is 12.8. The van der Waals surface area contributed by atoms with Crippen LogP contribution in [0.5, 0.6) is 0 Å². The number of likely N-dealkylation sites (tertiary alicyclic amines) is 1. The number of carbonyl (C=O) groups excluding carboxylic acids is 1. The van der Waals surface area contributed by atoms with Crippen LogP contribution in [0.3, 0.4) is 0 Å². The number of nitrogens with zero attached hydrogens (tertiary/aromatic N) is 3. The second kappa shape index (κ2) is 5.85. The fourth-order valence-electron chi connectivity index (χ4n) is 4.17. The Morgan fingerprint density at radius 3 is 2.64 bits per heavy atom. The number of H-pyrrole nitrogens is 1. The van der Waals surface area contributed by atoms with E-state index in [9.17, 15) is 9.59 Å². The van der Waals surface area contributed by atoms with Crippen molar-refractivity contribution in [1.82, 2.24) is 14.9 Å². The van der Waals surface area contributed by atoms with Crippen molar-refractivity contribution < 1.29 is 4.79 Å². The number of nitriles is 1. The summed E-state index contributed by atoms with van der Waals surface area (Å²) in [5, 5.41) is 8.98. The lowest BCUT2D eigenvalue weighted by Crippen LogP contribution is -2.38. The van der Waals surface area contributed by atoms with Crippen molar-refractivity contribution in [3.63, 3.8) is 0 Å². The number of nitrogens with one attached hydrogen (secondary N) is 1. The Morgan fingerprint density at radius 2 is 2.04 bits per heavy atom. The highest BCUT2D eigenvalue weighted by Crippen LogP contribution is 2.55. The highest BCUT2D eigenvalue weighted by atomic mass is 16.2. The Morgan fingerprint density at radius 1 is 1.28 bits per heavy atom. The van der Waals surface area contributed by atoms with Gasteiger partial charge in [0.05, 0.1) is 24.0 Å². The molecule has 2 fully saturated rings. The molecule has 1 spiro atoms. The minimum Gasteiger partial charge on any atom is -0.336 e. The van der Waals surface area contributed by atoms with Crippen LogP contribution < -0.4 is 5.56 Å². The summed E-state index contributed by atoms with van der Waals surface area (Å²) in [4.78, 5) is 32.4. The Labute approximate surface area is 145 Å². The number of hydrogen-bond acceptors (Lipinski definition) is 4. The minimum atomic E-state index is -0.368. The number of aromatic amines is 1. The van der Waals surface area contributed by atoms with E-state index in [4.69, 9.17) is 5.26 Å². The van der Waals surface area contributed by atoms with Crippen LogP contribution in [0.1, 0.15) is 46.8 Å². The molecular formula is C19H18N4O2. The highest BCUT2D eigenvalue weighted by molar-refractivity contribution is 5.92. The first-order chi connectivity index (χ1) is 12.1. The molecule has 2 heterocycles. The predicted octanol–water partition coefficient (Wildman–Crippen LogP) is 2.05. The Hall–Kier alpha value is -2.94. The van der Waals surface area contributed by atoms with Crippen molar-refractivity contribution in [2.45, 2.75) is 25.2 Å². The van der Waals surface area contributed by atoms with E-state index in [0.717, 1.165) is 19.0 Å². The van der Waals surface area contributed by atoms with E-state index in [-0.39, 0.29) is 28.5 Å². The van der Waals surface area contributed by atoms with Crippen LogP contribution in [0, 0.1) is 16.7 Å². The summed E-state index contributed by atoms with van der Waals surface area (Å²) in [7, 11) is 0. The predicted molar refractivity (Wildman–Crippen MR) is 90.9 cm³/mol. The van der Waals surface area contributed by atoms with Crippen LogP contribution >= 0.6 is 0 Å². The van der Waals surface area contributed by atoms with Gasteiger partial charge in [-0.15, -0.1) is 0 Å². The molecule has 1 aromatic heterocycles. The molecule has 2 aliphatic rings. The van der Waals surface area contributed by atoms with Gasteiger partial charge in [0.25, 0.3) is 11.5 Å². The molecule has 1 saturated heterocycles. The normalized spacial score (nSPS) is 20.9. The second-order valence-corrected chi connectivity index (χ2v) is 7.00. The highest BCUT2D eigenvalue weighted by Gasteiger charge is 2.52. The number of carbonyl (C=O) groups is 1. The van der Waals surface area contributed by atoms with E-state index in [1.165, 1.54) is 18.2 Å². The SMILES string of the molecule is N#Cc1ccc([C@H]2CN(C(=O)c3cncc(=O)[nH]3)CC23CCC3)cc1. The number of rotatable bonds is 2. The van der Waals surface area contributed by atoms with Crippen LogP contribution in [0.4, 0.5) is 0 Å². The van der Waals surface area contributed by atoms with E-state index in [1.54, 1.807) is 0 Å². The van der Waals surface area contributed by atoms with Crippen molar-refractivity contribution in [3.05, 3.63) is 63.8 Å². The van der Waals surface area contributed by atoms with E-state index in [2.05, 4.69) is 16.0 Å². The third-order valence-electron chi connectivity index (χ3n) is 5.61.